The van der Waals surface area contributed by atoms with Gasteiger partial charge in [-0.3, -0.25) is 4.98 Å². The van der Waals surface area contributed by atoms with E-state index in [-0.39, 0.29) is 18.6 Å². The molecule has 2 atom stereocenters. The molecule has 0 bridgehead atoms. The van der Waals surface area contributed by atoms with Crippen LogP contribution in [0.1, 0.15) is 24.8 Å². The van der Waals surface area contributed by atoms with Crippen LogP contribution < -0.4 is 5.73 Å². The van der Waals surface area contributed by atoms with E-state index < -0.39 is 0 Å². The Labute approximate surface area is 101 Å². The highest BCUT2D eigenvalue weighted by Crippen LogP contribution is 2.28. The van der Waals surface area contributed by atoms with Gasteiger partial charge in [-0.05, 0) is 24.3 Å². The van der Waals surface area contributed by atoms with E-state index in [2.05, 4.69) is 11.1 Å². The van der Waals surface area contributed by atoms with Crippen LogP contribution in [0, 0.1) is 0 Å². The lowest BCUT2D eigenvalue weighted by Crippen LogP contribution is -2.26. The van der Waals surface area contributed by atoms with Crippen LogP contribution >= 0.6 is 0 Å². The Hall–Kier alpha value is -1.45. The number of aromatic nitrogens is 1. The highest BCUT2D eigenvalue weighted by Gasteiger charge is 2.18. The van der Waals surface area contributed by atoms with Crippen LogP contribution in [0.3, 0.4) is 0 Å². The molecule has 90 valence electrons. The molecule has 1 aromatic heterocycles. The summed E-state index contributed by atoms with van der Waals surface area (Å²) in [5.74, 6) is 0.151. The number of aliphatic hydroxyl groups is 1. The molecule has 3 heteroatoms. The van der Waals surface area contributed by atoms with Crippen molar-refractivity contribution in [3.63, 3.8) is 0 Å². The summed E-state index contributed by atoms with van der Waals surface area (Å²) in [4.78, 5) is 4.26. The Balaban J connectivity index is 2.52. The first-order valence-corrected chi connectivity index (χ1v) is 5.93. The van der Waals surface area contributed by atoms with Crippen molar-refractivity contribution in [3.8, 4) is 0 Å². The number of benzene rings is 1. The van der Waals surface area contributed by atoms with E-state index >= 15 is 0 Å². The number of nitrogens with two attached hydrogens (primary N) is 1. The lowest BCUT2D eigenvalue weighted by atomic mass is 9.88. The number of hydrogen-bond acceptors (Lipinski definition) is 3. The second kappa shape index (κ2) is 5.25. The molecule has 0 aliphatic carbocycles. The molecular formula is C14H18N2O. The fourth-order valence-corrected chi connectivity index (χ4v) is 2.28. The predicted octanol–water partition coefficient (Wildman–Crippen LogP) is 2.05. The van der Waals surface area contributed by atoms with Gasteiger partial charge in [0, 0.05) is 36.3 Å². The van der Waals surface area contributed by atoms with Gasteiger partial charge >= 0.3 is 0 Å². The molecule has 2 rings (SSSR count). The van der Waals surface area contributed by atoms with Crippen LogP contribution in [-0.2, 0) is 0 Å². The fraction of sp³-hybridized carbons (Fsp3) is 0.357. The zero-order valence-corrected chi connectivity index (χ0v) is 10.0. The lowest BCUT2D eigenvalue weighted by molar-refractivity contribution is 0.269. The van der Waals surface area contributed by atoms with Crippen LogP contribution in [0.25, 0.3) is 10.8 Å². The average molecular weight is 230 g/mol. The van der Waals surface area contributed by atoms with Gasteiger partial charge in [-0.1, -0.05) is 24.3 Å². The molecule has 0 spiro atoms. The van der Waals surface area contributed by atoms with Crippen molar-refractivity contribution >= 4 is 10.8 Å². The van der Waals surface area contributed by atoms with E-state index in [9.17, 15) is 0 Å². The smallest absolute Gasteiger partial charge is 0.0437 e. The number of nitrogens with zero attached hydrogens (tertiary/aromatic N) is 1. The molecule has 3 N–H and O–H groups in total. The molecule has 3 nitrogen and oxygen atoms in total. The van der Waals surface area contributed by atoms with Crippen molar-refractivity contribution in [2.24, 2.45) is 5.73 Å². The number of aliphatic hydroxyl groups excluding tert-OH is 1. The molecule has 17 heavy (non-hydrogen) atoms. The Bertz CT molecular complexity index is 491. The van der Waals surface area contributed by atoms with Gasteiger partial charge in [0.15, 0.2) is 0 Å². The van der Waals surface area contributed by atoms with E-state index in [0.717, 1.165) is 10.9 Å². The number of pyridine rings is 1. The van der Waals surface area contributed by atoms with Gasteiger partial charge in [-0.15, -0.1) is 0 Å². The first-order valence-electron chi connectivity index (χ1n) is 5.93. The van der Waals surface area contributed by atoms with Crippen LogP contribution in [-0.4, -0.2) is 22.7 Å². The summed E-state index contributed by atoms with van der Waals surface area (Å²) in [5.41, 5.74) is 7.14. The van der Waals surface area contributed by atoms with E-state index in [1.807, 2.05) is 37.5 Å². The molecule has 0 aliphatic rings. The van der Waals surface area contributed by atoms with E-state index in [4.69, 9.17) is 10.8 Å². The number of hydrogen-bond donors (Lipinski definition) is 2. The summed E-state index contributed by atoms with van der Waals surface area (Å²) in [5, 5.41) is 11.4. The maximum atomic E-state index is 9.14. The van der Waals surface area contributed by atoms with Gasteiger partial charge in [0.2, 0.25) is 0 Å². The second-order valence-corrected chi connectivity index (χ2v) is 4.43. The largest absolute Gasteiger partial charge is 0.396 e. The highest BCUT2D eigenvalue weighted by molar-refractivity contribution is 5.85. The highest BCUT2D eigenvalue weighted by atomic mass is 16.3. The Kier molecular flexibility index (Phi) is 3.71. The summed E-state index contributed by atoms with van der Waals surface area (Å²) in [6, 6.07) is 8.15. The van der Waals surface area contributed by atoms with Crippen molar-refractivity contribution in [3.05, 3.63) is 42.2 Å². The molecule has 0 saturated carbocycles. The Morgan fingerprint density at radius 2 is 2.06 bits per heavy atom. The van der Waals surface area contributed by atoms with Crippen molar-refractivity contribution in [2.45, 2.75) is 25.3 Å². The molecule has 0 aliphatic heterocycles. The van der Waals surface area contributed by atoms with E-state index in [1.54, 1.807) is 0 Å². The number of rotatable bonds is 4. The molecule has 0 amide bonds. The van der Waals surface area contributed by atoms with Crippen LogP contribution in [0.5, 0.6) is 0 Å². The minimum absolute atomic E-state index is 0.00903. The zero-order valence-electron chi connectivity index (χ0n) is 10.0. The normalized spacial score (nSPS) is 14.8. The summed E-state index contributed by atoms with van der Waals surface area (Å²) >= 11 is 0. The van der Waals surface area contributed by atoms with Crippen molar-refractivity contribution in [1.29, 1.82) is 0 Å². The third-order valence-electron chi connectivity index (χ3n) is 3.17. The fourth-order valence-electron chi connectivity index (χ4n) is 2.28. The Morgan fingerprint density at radius 1 is 1.29 bits per heavy atom. The minimum atomic E-state index is 0.00903. The van der Waals surface area contributed by atoms with Gasteiger partial charge in [0.05, 0.1) is 0 Å². The maximum absolute atomic E-state index is 9.14. The summed E-state index contributed by atoms with van der Waals surface area (Å²) in [6.07, 6.45) is 4.40. The van der Waals surface area contributed by atoms with Crippen molar-refractivity contribution in [1.82, 2.24) is 4.98 Å². The molecule has 0 fully saturated rings. The molecule has 2 unspecified atom stereocenters. The standard InChI is InChI=1S/C14H18N2O/c1-10(15)12(6-7-17)14-9-16-8-11-4-2-3-5-13(11)14/h2-5,8-10,12,17H,6-7,15H2,1H3. The molecule has 0 radical (unpaired) electrons. The Morgan fingerprint density at radius 3 is 2.76 bits per heavy atom. The lowest BCUT2D eigenvalue weighted by Gasteiger charge is -2.21. The molecule has 0 saturated heterocycles. The molecule has 1 heterocycles. The SMILES string of the molecule is CC(N)C(CCO)c1cncc2ccccc12. The summed E-state index contributed by atoms with van der Waals surface area (Å²) in [7, 11) is 0. The first-order chi connectivity index (χ1) is 8.24. The zero-order chi connectivity index (χ0) is 12.3. The third kappa shape index (κ3) is 2.46. The van der Waals surface area contributed by atoms with Crippen molar-refractivity contribution < 1.29 is 5.11 Å². The van der Waals surface area contributed by atoms with Crippen LogP contribution in [0.2, 0.25) is 0 Å². The van der Waals surface area contributed by atoms with Gasteiger partial charge in [0.25, 0.3) is 0 Å². The van der Waals surface area contributed by atoms with Crippen molar-refractivity contribution in [2.75, 3.05) is 6.61 Å². The molecule has 1 aromatic carbocycles. The molecular weight excluding hydrogens is 212 g/mol. The van der Waals surface area contributed by atoms with Crippen LogP contribution in [0.15, 0.2) is 36.7 Å². The third-order valence-corrected chi connectivity index (χ3v) is 3.17. The van der Waals surface area contributed by atoms with E-state index in [1.165, 1.54) is 5.39 Å². The monoisotopic (exact) mass is 230 g/mol. The maximum Gasteiger partial charge on any atom is 0.0437 e. The summed E-state index contributed by atoms with van der Waals surface area (Å²) < 4.78 is 0. The first kappa shape index (κ1) is 12.0. The van der Waals surface area contributed by atoms with Crippen LogP contribution in [0.4, 0.5) is 0 Å². The van der Waals surface area contributed by atoms with Gasteiger partial charge in [0.1, 0.15) is 0 Å². The average Bonchev–Trinajstić information content (AvgIpc) is 2.35. The summed E-state index contributed by atoms with van der Waals surface area (Å²) in [6.45, 7) is 2.12. The topological polar surface area (TPSA) is 59.1 Å². The minimum Gasteiger partial charge on any atom is -0.396 e. The molecule has 2 aromatic rings. The predicted molar refractivity (Wildman–Crippen MR) is 69.8 cm³/mol. The van der Waals surface area contributed by atoms with Gasteiger partial charge < -0.3 is 10.8 Å². The second-order valence-electron chi connectivity index (χ2n) is 4.43. The van der Waals surface area contributed by atoms with Gasteiger partial charge in [-0.25, -0.2) is 0 Å². The number of fused-ring (bicyclic) bond motifs is 1. The quantitative estimate of drug-likeness (QED) is 0.845. The van der Waals surface area contributed by atoms with Gasteiger partial charge in [-0.2, -0.15) is 0 Å². The van der Waals surface area contributed by atoms with E-state index in [0.29, 0.717) is 6.42 Å².